The van der Waals surface area contributed by atoms with Crippen LogP contribution in [0.15, 0.2) is 60.3 Å². The van der Waals surface area contributed by atoms with Crippen LogP contribution in [0.5, 0.6) is 0 Å². The van der Waals surface area contributed by atoms with Crippen LogP contribution in [0.2, 0.25) is 0 Å². The first-order chi connectivity index (χ1) is 23.0. The van der Waals surface area contributed by atoms with Crippen molar-refractivity contribution in [1.29, 1.82) is 0 Å². The van der Waals surface area contributed by atoms with Crippen molar-refractivity contribution >= 4 is 30.4 Å². The lowest BCUT2D eigenvalue weighted by atomic mass is 10.0. The molecule has 2 N–H and O–H groups in total. The number of hydrogen-bond donors (Lipinski definition) is 2. The zero-order chi connectivity index (χ0) is 35.1. The quantitative estimate of drug-likeness (QED) is 0.302. The number of amides is 3. The number of nitrogens with zero attached hydrogens (tertiary/aromatic N) is 5. The summed E-state index contributed by atoms with van der Waals surface area (Å²) in [7, 11) is 0. The van der Waals surface area contributed by atoms with Gasteiger partial charge in [-0.1, -0.05) is 58.9 Å². The molecule has 0 spiro atoms. The number of thiol groups is 1. The van der Waals surface area contributed by atoms with E-state index in [1.165, 1.54) is 0 Å². The highest BCUT2D eigenvalue weighted by molar-refractivity contribution is 7.80. The van der Waals surface area contributed by atoms with Crippen molar-refractivity contribution in [2.75, 3.05) is 18.8 Å². The third kappa shape index (κ3) is 13.5. The van der Waals surface area contributed by atoms with Crippen LogP contribution in [-0.2, 0) is 40.6 Å². The van der Waals surface area contributed by atoms with Gasteiger partial charge in [0.1, 0.15) is 0 Å². The van der Waals surface area contributed by atoms with E-state index >= 15 is 0 Å². The Balaban J connectivity index is 2.04. The van der Waals surface area contributed by atoms with Gasteiger partial charge in [0, 0.05) is 31.5 Å². The Bertz CT molecular complexity index is 1410. The number of carbonyl (C=O) groups excluding carboxylic acids is 3. The summed E-state index contributed by atoms with van der Waals surface area (Å²) in [4.78, 5) is 55.5. The zero-order valence-electron chi connectivity index (χ0n) is 29.6. The van der Waals surface area contributed by atoms with Gasteiger partial charge < -0.3 is 20.4 Å². The Morgan fingerprint density at radius 2 is 1.19 bits per heavy atom. The first-order valence-corrected chi connectivity index (χ1v) is 18.1. The molecule has 0 aromatic carbocycles. The van der Waals surface area contributed by atoms with Crippen molar-refractivity contribution in [2.45, 2.75) is 99.3 Å². The second-order valence-electron chi connectivity index (χ2n) is 13.6. The summed E-state index contributed by atoms with van der Waals surface area (Å²) in [5.74, 6) is 1.45. The molecule has 1 unspecified atom stereocenters. The molecule has 0 saturated heterocycles. The average molecular weight is 677 g/mol. The summed E-state index contributed by atoms with van der Waals surface area (Å²) in [5, 5.41) is 0. The average Bonchev–Trinajstić information content (AvgIpc) is 3.04. The van der Waals surface area contributed by atoms with Crippen LogP contribution < -0.4 is 5.73 Å². The molecule has 2 aromatic rings. The molecule has 1 atom stereocenters. The van der Waals surface area contributed by atoms with Crippen molar-refractivity contribution in [1.82, 2.24) is 24.7 Å². The van der Waals surface area contributed by atoms with Crippen molar-refractivity contribution in [3.8, 4) is 0 Å². The molecule has 262 valence electrons. The number of nitrogens with two attached hydrogens (primary N) is 1. The normalized spacial score (nSPS) is 18.4. The van der Waals surface area contributed by atoms with E-state index in [4.69, 9.17) is 15.7 Å². The smallest absolute Gasteiger partial charge is 0.224 e. The van der Waals surface area contributed by atoms with Gasteiger partial charge in [0.05, 0.1) is 55.5 Å². The third-order valence-electron chi connectivity index (χ3n) is 8.44. The fraction of sp³-hybridized carbons (Fsp3) is 0.553. The second kappa shape index (κ2) is 20.0. The van der Waals surface area contributed by atoms with Gasteiger partial charge in [-0.25, -0.2) is 0 Å². The van der Waals surface area contributed by atoms with Gasteiger partial charge in [-0.3, -0.25) is 24.4 Å². The highest BCUT2D eigenvalue weighted by Crippen LogP contribution is 2.18. The summed E-state index contributed by atoms with van der Waals surface area (Å²) in [6.07, 6.45) is 9.54. The maximum Gasteiger partial charge on any atom is 0.224 e. The Hall–Kier alpha value is -3.66. The van der Waals surface area contributed by atoms with Gasteiger partial charge in [0.15, 0.2) is 0 Å². The minimum atomic E-state index is -0.0435. The molecule has 10 heteroatoms. The molecular formula is C38H56N6O3S. The van der Waals surface area contributed by atoms with Crippen LogP contribution in [-0.4, -0.2) is 61.2 Å². The number of pyridine rings is 2. The number of carbonyl (C=O) groups is 3. The number of fused-ring (bicyclic) bond motifs is 4. The summed E-state index contributed by atoms with van der Waals surface area (Å²) in [6.45, 7) is 12.7. The standard InChI is InChI=1S/C38H56N6O3S/c1-6-30-10-7-11-31(39)23-43(37(46)19-17-29(4)5)25-33-13-9-15-35(41-33)27-44(38(47)20-21-48)26-34-14-8-12-32(40-34)24-42(22-30)36(45)18-16-28(2)3/h7-15,28-30,48H,6,16-27,39H2,1-5H3/b10-7-,31-11-. The fourth-order valence-electron chi connectivity index (χ4n) is 5.52. The van der Waals surface area contributed by atoms with E-state index in [-0.39, 0.29) is 36.6 Å². The van der Waals surface area contributed by atoms with Crippen molar-refractivity contribution in [3.63, 3.8) is 0 Å². The van der Waals surface area contributed by atoms with E-state index in [0.717, 1.165) is 42.0 Å². The first-order valence-electron chi connectivity index (χ1n) is 17.4. The zero-order valence-corrected chi connectivity index (χ0v) is 30.5. The van der Waals surface area contributed by atoms with Crippen molar-refractivity contribution in [2.24, 2.45) is 23.5 Å². The second-order valence-corrected chi connectivity index (χ2v) is 14.1. The van der Waals surface area contributed by atoms with Crippen LogP contribution in [0, 0.1) is 17.8 Å². The molecule has 1 aliphatic rings. The predicted octanol–water partition coefficient (Wildman–Crippen LogP) is 6.29. The molecule has 48 heavy (non-hydrogen) atoms. The molecule has 4 bridgehead atoms. The maximum absolute atomic E-state index is 13.5. The number of allylic oxidation sites excluding steroid dienone is 2. The Morgan fingerprint density at radius 3 is 1.65 bits per heavy atom. The Kier molecular flexibility index (Phi) is 16.2. The molecule has 0 aliphatic carbocycles. The predicted molar refractivity (Wildman–Crippen MR) is 195 cm³/mol. The van der Waals surface area contributed by atoms with E-state index in [9.17, 15) is 14.4 Å². The number of aromatic nitrogens is 2. The van der Waals surface area contributed by atoms with Crippen LogP contribution in [0.4, 0.5) is 0 Å². The highest BCUT2D eigenvalue weighted by Gasteiger charge is 2.21. The fourth-order valence-corrected chi connectivity index (χ4v) is 5.72. The molecule has 9 nitrogen and oxygen atoms in total. The molecule has 3 amide bonds. The molecule has 1 aliphatic heterocycles. The molecule has 3 rings (SSSR count). The van der Waals surface area contributed by atoms with Gasteiger partial charge in [-0.2, -0.15) is 12.6 Å². The van der Waals surface area contributed by atoms with Crippen LogP contribution in [0.1, 0.15) is 95.9 Å². The van der Waals surface area contributed by atoms with Gasteiger partial charge >= 0.3 is 0 Å². The Morgan fingerprint density at radius 1 is 0.750 bits per heavy atom. The van der Waals surface area contributed by atoms with Gasteiger partial charge in [-0.15, -0.1) is 0 Å². The molecule has 2 aromatic heterocycles. The van der Waals surface area contributed by atoms with Gasteiger partial charge in [0.2, 0.25) is 17.7 Å². The van der Waals surface area contributed by atoms with Crippen LogP contribution in [0.3, 0.4) is 0 Å². The first kappa shape index (κ1) is 38.8. The third-order valence-corrected chi connectivity index (χ3v) is 8.67. The van der Waals surface area contributed by atoms with E-state index in [1.54, 1.807) is 9.80 Å². The van der Waals surface area contributed by atoms with Crippen LogP contribution in [0.25, 0.3) is 0 Å². The summed E-state index contributed by atoms with van der Waals surface area (Å²) >= 11 is 4.31. The minimum absolute atomic E-state index is 0.0249. The minimum Gasteiger partial charge on any atom is -0.401 e. The number of hydrogen-bond acceptors (Lipinski definition) is 7. The highest BCUT2D eigenvalue weighted by atomic mass is 32.1. The topological polar surface area (TPSA) is 113 Å². The monoisotopic (exact) mass is 676 g/mol. The van der Waals surface area contributed by atoms with Crippen LogP contribution >= 0.6 is 12.6 Å². The van der Waals surface area contributed by atoms with Crippen molar-refractivity contribution < 1.29 is 14.4 Å². The van der Waals surface area contributed by atoms with E-state index in [0.29, 0.717) is 68.9 Å². The van der Waals surface area contributed by atoms with Gasteiger partial charge in [0.25, 0.3) is 0 Å². The summed E-state index contributed by atoms with van der Waals surface area (Å²) in [5.41, 5.74) is 10.1. The van der Waals surface area contributed by atoms with E-state index in [1.807, 2.05) is 53.5 Å². The largest absolute Gasteiger partial charge is 0.401 e. The number of rotatable bonds is 9. The Labute approximate surface area is 293 Å². The lowest BCUT2D eigenvalue weighted by Crippen LogP contribution is -2.35. The molecule has 0 radical (unpaired) electrons. The van der Waals surface area contributed by atoms with Gasteiger partial charge in [-0.05, 0) is 73.1 Å². The molecule has 0 fully saturated rings. The lowest BCUT2D eigenvalue weighted by molar-refractivity contribution is -0.133. The lowest BCUT2D eigenvalue weighted by Gasteiger charge is -2.27. The van der Waals surface area contributed by atoms with E-state index in [2.05, 4.69) is 53.3 Å². The molecular weight excluding hydrogens is 621 g/mol. The summed E-state index contributed by atoms with van der Waals surface area (Å²) < 4.78 is 0. The molecule has 0 saturated carbocycles. The SMILES string of the molecule is CCC1/C=C\C=C(/N)CN(C(=O)CCC(C)C)Cc2cccc(n2)CN(C(=O)CCS)Cc2cccc(n2)CN(C(=O)CCC(C)C)C1. The van der Waals surface area contributed by atoms with Crippen molar-refractivity contribution in [3.05, 3.63) is 83.1 Å². The van der Waals surface area contributed by atoms with E-state index < -0.39 is 0 Å². The molecule has 3 heterocycles. The maximum atomic E-state index is 13.5. The summed E-state index contributed by atoms with van der Waals surface area (Å²) in [6, 6.07) is 11.5.